The van der Waals surface area contributed by atoms with Crippen molar-refractivity contribution in [1.82, 2.24) is 9.88 Å². The van der Waals surface area contributed by atoms with Crippen molar-refractivity contribution in [3.63, 3.8) is 0 Å². The van der Waals surface area contributed by atoms with Crippen LogP contribution in [-0.2, 0) is 6.54 Å². The molecular formula is C24H27N3O. The number of likely N-dealkylation sites (tertiary alicyclic amines) is 1. The van der Waals surface area contributed by atoms with Crippen molar-refractivity contribution in [2.45, 2.75) is 44.7 Å². The number of pyridine rings is 1. The number of piperidine rings is 1. The van der Waals surface area contributed by atoms with Crippen molar-refractivity contribution in [3.8, 4) is 11.3 Å². The molecule has 3 heterocycles. The number of nitrogens with two attached hydrogens (primary N) is 1. The van der Waals surface area contributed by atoms with Crippen LogP contribution >= 0.6 is 0 Å². The molecule has 144 valence electrons. The molecular weight excluding hydrogens is 346 g/mol. The minimum atomic E-state index is 0.368. The average Bonchev–Trinajstić information content (AvgIpc) is 3.15. The Morgan fingerprint density at radius 2 is 2.04 bits per heavy atom. The fourth-order valence-electron chi connectivity index (χ4n) is 4.45. The summed E-state index contributed by atoms with van der Waals surface area (Å²) < 4.78 is 6.30. The predicted molar refractivity (Wildman–Crippen MR) is 114 cm³/mol. The Morgan fingerprint density at radius 3 is 2.86 bits per heavy atom. The van der Waals surface area contributed by atoms with E-state index in [4.69, 9.17) is 10.2 Å². The second-order valence-electron chi connectivity index (χ2n) is 8.33. The lowest BCUT2D eigenvalue weighted by atomic mass is 9.95. The Labute approximate surface area is 166 Å². The Kier molecular flexibility index (Phi) is 4.53. The summed E-state index contributed by atoms with van der Waals surface area (Å²) in [5.74, 6) is 2.44. The van der Waals surface area contributed by atoms with Crippen LogP contribution < -0.4 is 5.73 Å². The molecule has 2 N–H and O–H groups in total. The first kappa shape index (κ1) is 17.7. The monoisotopic (exact) mass is 373 g/mol. The smallest absolute Gasteiger partial charge is 0.137 e. The van der Waals surface area contributed by atoms with E-state index in [0.717, 1.165) is 61.4 Å². The number of aromatic nitrogens is 1. The number of allylic oxidation sites excluding steroid dienone is 1. The molecule has 2 aliphatic rings. The molecule has 1 unspecified atom stereocenters. The number of hydrogen-bond acceptors (Lipinski definition) is 4. The molecule has 4 nitrogen and oxygen atoms in total. The quantitative estimate of drug-likeness (QED) is 0.707. The highest BCUT2D eigenvalue weighted by Gasteiger charge is 2.20. The summed E-state index contributed by atoms with van der Waals surface area (Å²) in [4.78, 5) is 6.97. The van der Waals surface area contributed by atoms with Gasteiger partial charge in [-0.2, -0.15) is 0 Å². The fourth-order valence-corrected chi connectivity index (χ4v) is 4.45. The van der Waals surface area contributed by atoms with Gasteiger partial charge in [0.2, 0.25) is 0 Å². The molecule has 0 radical (unpaired) electrons. The van der Waals surface area contributed by atoms with Gasteiger partial charge in [0.1, 0.15) is 11.5 Å². The Bertz CT molecular complexity index is 1030. The molecule has 28 heavy (non-hydrogen) atoms. The number of nitrogens with zero attached hydrogens (tertiary/aromatic N) is 2. The minimum absolute atomic E-state index is 0.368. The Balaban J connectivity index is 1.50. The Morgan fingerprint density at radius 1 is 1.18 bits per heavy atom. The lowest BCUT2D eigenvalue weighted by Gasteiger charge is -2.30. The largest absolute Gasteiger partial charge is 0.460 e. The molecule has 0 spiro atoms. The maximum absolute atomic E-state index is 6.30. The van der Waals surface area contributed by atoms with E-state index in [9.17, 15) is 0 Å². The molecule has 1 aliphatic heterocycles. The van der Waals surface area contributed by atoms with E-state index in [-0.39, 0.29) is 0 Å². The maximum atomic E-state index is 6.30. The predicted octanol–water partition coefficient (Wildman–Crippen LogP) is 4.94. The molecule has 1 fully saturated rings. The SMILES string of the molecule is CC1CC=Cc2cc(-c3cncc4ccc(CN5CCC(N)CC5)cc34)oc21. The van der Waals surface area contributed by atoms with Crippen LogP contribution in [-0.4, -0.2) is 29.0 Å². The van der Waals surface area contributed by atoms with Crippen molar-refractivity contribution >= 4 is 16.8 Å². The molecule has 1 atom stereocenters. The van der Waals surface area contributed by atoms with E-state index >= 15 is 0 Å². The van der Waals surface area contributed by atoms with Gasteiger partial charge in [-0.1, -0.05) is 31.2 Å². The van der Waals surface area contributed by atoms with E-state index in [1.165, 1.54) is 16.5 Å². The van der Waals surface area contributed by atoms with Crippen molar-refractivity contribution in [1.29, 1.82) is 0 Å². The summed E-state index contributed by atoms with van der Waals surface area (Å²) in [5.41, 5.74) is 9.66. The van der Waals surface area contributed by atoms with Gasteiger partial charge in [-0.15, -0.1) is 0 Å². The molecule has 1 aliphatic carbocycles. The van der Waals surface area contributed by atoms with E-state index in [1.54, 1.807) is 0 Å². The first-order valence-electron chi connectivity index (χ1n) is 10.3. The summed E-state index contributed by atoms with van der Waals surface area (Å²) in [6.07, 6.45) is 11.5. The third-order valence-corrected chi connectivity index (χ3v) is 6.15. The van der Waals surface area contributed by atoms with Crippen LogP contribution in [0.2, 0.25) is 0 Å². The third kappa shape index (κ3) is 3.27. The molecule has 1 saturated heterocycles. The molecule has 4 heteroatoms. The highest BCUT2D eigenvalue weighted by molar-refractivity contribution is 5.95. The van der Waals surface area contributed by atoms with Crippen LogP contribution in [0.3, 0.4) is 0 Å². The van der Waals surface area contributed by atoms with Gasteiger partial charge in [-0.3, -0.25) is 9.88 Å². The molecule has 2 aromatic heterocycles. The fraction of sp³-hybridized carbons (Fsp3) is 0.375. The van der Waals surface area contributed by atoms with Crippen LogP contribution in [0.5, 0.6) is 0 Å². The van der Waals surface area contributed by atoms with Crippen molar-refractivity contribution < 1.29 is 4.42 Å². The number of fused-ring (bicyclic) bond motifs is 2. The van der Waals surface area contributed by atoms with Gasteiger partial charge in [-0.05, 0) is 55.4 Å². The molecule has 5 rings (SSSR count). The van der Waals surface area contributed by atoms with E-state index in [0.29, 0.717) is 12.0 Å². The minimum Gasteiger partial charge on any atom is -0.460 e. The third-order valence-electron chi connectivity index (χ3n) is 6.15. The number of rotatable bonds is 3. The lowest BCUT2D eigenvalue weighted by molar-refractivity contribution is 0.206. The second-order valence-corrected chi connectivity index (χ2v) is 8.33. The van der Waals surface area contributed by atoms with Gasteiger partial charge in [0.25, 0.3) is 0 Å². The maximum Gasteiger partial charge on any atom is 0.137 e. The summed E-state index contributed by atoms with van der Waals surface area (Å²) in [5, 5.41) is 2.36. The van der Waals surface area contributed by atoms with Crippen LogP contribution in [0.15, 0.2) is 47.2 Å². The van der Waals surface area contributed by atoms with E-state index < -0.39 is 0 Å². The van der Waals surface area contributed by atoms with Crippen LogP contribution in [0.4, 0.5) is 0 Å². The normalized spacial score (nSPS) is 20.6. The number of benzene rings is 1. The zero-order chi connectivity index (χ0) is 19.1. The zero-order valence-corrected chi connectivity index (χ0v) is 16.4. The first-order chi connectivity index (χ1) is 13.7. The van der Waals surface area contributed by atoms with Crippen LogP contribution in [0.25, 0.3) is 28.2 Å². The summed E-state index contributed by atoms with van der Waals surface area (Å²) in [6, 6.07) is 9.24. The molecule has 0 saturated carbocycles. The van der Waals surface area contributed by atoms with Gasteiger partial charge in [0.05, 0.1) is 0 Å². The molecule has 0 bridgehead atoms. The number of hydrogen-bond donors (Lipinski definition) is 1. The van der Waals surface area contributed by atoms with Crippen molar-refractivity contribution in [2.24, 2.45) is 5.73 Å². The topological polar surface area (TPSA) is 55.3 Å². The van der Waals surface area contributed by atoms with Crippen LogP contribution in [0.1, 0.15) is 49.0 Å². The van der Waals surface area contributed by atoms with Gasteiger partial charge in [-0.25, -0.2) is 0 Å². The molecule has 3 aromatic rings. The van der Waals surface area contributed by atoms with Crippen molar-refractivity contribution in [3.05, 3.63) is 59.6 Å². The molecule has 1 aromatic carbocycles. The highest BCUT2D eigenvalue weighted by atomic mass is 16.3. The zero-order valence-electron chi connectivity index (χ0n) is 16.4. The lowest BCUT2D eigenvalue weighted by Crippen LogP contribution is -2.39. The Hall–Kier alpha value is -2.43. The van der Waals surface area contributed by atoms with Gasteiger partial charge >= 0.3 is 0 Å². The first-order valence-corrected chi connectivity index (χ1v) is 10.3. The highest BCUT2D eigenvalue weighted by Crippen LogP contribution is 2.37. The summed E-state index contributed by atoms with van der Waals surface area (Å²) >= 11 is 0. The van der Waals surface area contributed by atoms with Crippen LogP contribution in [0, 0.1) is 0 Å². The summed E-state index contributed by atoms with van der Waals surface area (Å²) in [7, 11) is 0. The average molecular weight is 374 g/mol. The van der Waals surface area contributed by atoms with Gasteiger partial charge in [0.15, 0.2) is 0 Å². The summed E-state index contributed by atoms with van der Waals surface area (Å²) in [6.45, 7) is 5.35. The van der Waals surface area contributed by atoms with Gasteiger partial charge in [0, 0.05) is 47.4 Å². The van der Waals surface area contributed by atoms with Crippen molar-refractivity contribution in [2.75, 3.05) is 13.1 Å². The van der Waals surface area contributed by atoms with E-state index in [2.05, 4.69) is 53.2 Å². The molecule has 0 amide bonds. The number of furan rings is 1. The van der Waals surface area contributed by atoms with Gasteiger partial charge < -0.3 is 10.2 Å². The van der Waals surface area contributed by atoms with E-state index in [1.807, 2.05) is 12.4 Å². The standard InChI is InChI=1S/C24H27N3O/c1-16-3-2-4-18-12-23(28-24(16)18)22-14-26-13-19-6-5-17(11-21(19)22)15-27-9-7-20(25)8-10-27/h2,4-6,11-14,16,20H,3,7-10,15,25H2,1H3. The second kappa shape index (κ2) is 7.19.